The van der Waals surface area contributed by atoms with E-state index in [9.17, 15) is 5.11 Å². The number of benzene rings is 2. The summed E-state index contributed by atoms with van der Waals surface area (Å²) < 4.78 is 11.2. The molecular weight excluding hydrogens is 352 g/mol. The van der Waals surface area contributed by atoms with Crippen molar-refractivity contribution in [2.24, 2.45) is 4.99 Å². The minimum absolute atomic E-state index is 0.194. The minimum Gasteiger partial charge on any atom is -0.507 e. The molecule has 0 spiro atoms. The number of aliphatic imine (C=N–C) groups is 1. The Hall–Kier alpha value is -2.53. The molecule has 0 bridgehead atoms. The van der Waals surface area contributed by atoms with Gasteiger partial charge >= 0.3 is 0 Å². The van der Waals surface area contributed by atoms with E-state index in [1.54, 1.807) is 24.3 Å². The lowest BCUT2D eigenvalue weighted by Gasteiger charge is -2.25. The van der Waals surface area contributed by atoms with Crippen LogP contribution in [0.2, 0.25) is 0 Å². The third kappa shape index (κ3) is 5.04. The van der Waals surface area contributed by atoms with Crippen molar-refractivity contribution < 1.29 is 19.5 Å². The van der Waals surface area contributed by atoms with Crippen molar-refractivity contribution in [2.75, 3.05) is 33.4 Å². The predicted molar refractivity (Wildman–Crippen MR) is 112 cm³/mol. The number of phenolic OH excluding ortho intramolecular Hbond substituents is 1. The Bertz CT molecular complexity index is 785. The topological polar surface area (TPSA) is 55.5 Å². The van der Waals surface area contributed by atoms with Gasteiger partial charge in [0.1, 0.15) is 23.3 Å². The normalized spacial score (nSPS) is 15.8. The number of rotatable bonds is 9. The maximum Gasteiger partial charge on any atom is 0.136 e. The van der Waals surface area contributed by atoms with Crippen molar-refractivity contribution in [3.63, 3.8) is 0 Å². The summed E-state index contributed by atoms with van der Waals surface area (Å²) in [5, 5.41) is 10.3. The lowest BCUT2D eigenvalue weighted by Crippen LogP contribution is -3.10. The Kier molecular flexibility index (Phi) is 7.31. The molecule has 1 heterocycles. The molecule has 2 aromatic carbocycles. The molecule has 2 N–H and O–H groups in total. The van der Waals surface area contributed by atoms with Crippen LogP contribution in [0.15, 0.2) is 47.5 Å². The molecule has 1 aliphatic heterocycles. The monoisotopic (exact) mass is 383 g/mol. The molecule has 3 rings (SSSR count). The molecule has 0 radical (unpaired) electrons. The maximum atomic E-state index is 10.3. The largest absolute Gasteiger partial charge is 0.507 e. The highest BCUT2D eigenvalue weighted by Crippen LogP contribution is 2.25. The zero-order valence-corrected chi connectivity index (χ0v) is 16.9. The summed E-state index contributed by atoms with van der Waals surface area (Å²) in [5.74, 6) is 1.80. The fraction of sp³-hybridized carbons (Fsp3) is 0.435. The molecule has 0 aromatic heterocycles. The Morgan fingerprint density at radius 2 is 1.96 bits per heavy atom. The summed E-state index contributed by atoms with van der Waals surface area (Å²) in [6, 6.07) is 13.9. The van der Waals surface area contributed by atoms with Crippen LogP contribution in [-0.4, -0.2) is 44.7 Å². The van der Waals surface area contributed by atoms with Crippen molar-refractivity contribution in [1.82, 2.24) is 0 Å². The number of hydrogen-bond acceptors (Lipinski definition) is 4. The summed E-state index contributed by atoms with van der Waals surface area (Å²) in [7, 11) is 1.72. The Balaban J connectivity index is 1.75. The van der Waals surface area contributed by atoms with Gasteiger partial charge in [0.25, 0.3) is 0 Å². The number of ether oxygens (including phenoxy) is 2. The lowest BCUT2D eigenvalue weighted by molar-refractivity contribution is -0.918. The van der Waals surface area contributed by atoms with E-state index in [0.29, 0.717) is 24.5 Å². The van der Waals surface area contributed by atoms with E-state index in [1.165, 1.54) is 18.4 Å². The second-order valence-corrected chi connectivity index (χ2v) is 7.22. The third-order valence-electron chi connectivity index (χ3n) is 5.25. The van der Waals surface area contributed by atoms with Gasteiger partial charge in [-0.05, 0) is 30.7 Å². The fourth-order valence-corrected chi connectivity index (χ4v) is 3.78. The Morgan fingerprint density at radius 3 is 2.68 bits per heavy atom. The lowest BCUT2D eigenvalue weighted by atomic mass is 10.0. The molecule has 28 heavy (non-hydrogen) atoms. The highest BCUT2D eigenvalue weighted by Gasteiger charge is 2.29. The average molecular weight is 384 g/mol. The second-order valence-electron chi connectivity index (χ2n) is 7.22. The van der Waals surface area contributed by atoms with Gasteiger partial charge in [0.2, 0.25) is 0 Å². The van der Waals surface area contributed by atoms with Crippen LogP contribution in [0, 0.1) is 0 Å². The molecule has 0 saturated carbocycles. The van der Waals surface area contributed by atoms with Crippen LogP contribution >= 0.6 is 0 Å². The van der Waals surface area contributed by atoms with Crippen LogP contribution in [0.1, 0.15) is 43.4 Å². The van der Waals surface area contributed by atoms with Gasteiger partial charge in [0.15, 0.2) is 0 Å². The molecular formula is C23H31N2O3+. The van der Waals surface area contributed by atoms with Crippen LogP contribution in [-0.2, 0) is 0 Å². The SMILES string of the molecule is CCCOc1ccc(C=NC[C@H](c2ccccc2OC)[NH+]2CCCC2)c(O)c1. The summed E-state index contributed by atoms with van der Waals surface area (Å²) in [4.78, 5) is 6.24. The molecule has 1 fully saturated rings. The molecule has 1 saturated heterocycles. The summed E-state index contributed by atoms with van der Waals surface area (Å²) in [5.41, 5.74) is 1.91. The van der Waals surface area contributed by atoms with Gasteiger partial charge in [-0.25, -0.2) is 0 Å². The summed E-state index contributed by atoms with van der Waals surface area (Å²) >= 11 is 0. The predicted octanol–water partition coefficient (Wildman–Crippen LogP) is 3.03. The highest BCUT2D eigenvalue weighted by molar-refractivity contribution is 5.83. The highest BCUT2D eigenvalue weighted by atomic mass is 16.5. The number of phenols is 1. The molecule has 0 aliphatic carbocycles. The smallest absolute Gasteiger partial charge is 0.136 e. The molecule has 0 unspecified atom stereocenters. The van der Waals surface area contributed by atoms with Gasteiger partial charge in [-0.3, -0.25) is 4.99 Å². The van der Waals surface area contributed by atoms with E-state index in [1.807, 2.05) is 24.3 Å². The van der Waals surface area contributed by atoms with Crippen molar-refractivity contribution in [2.45, 2.75) is 32.2 Å². The Labute approximate surface area is 167 Å². The fourth-order valence-electron chi connectivity index (χ4n) is 3.78. The van der Waals surface area contributed by atoms with Crippen molar-refractivity contribution >= 4 is 6.21 Å². The van der Waals surface area contributed by atoms with Crippen LogP contribution in [0.4, 0.5) is 0 Å². The number of aromatic hydroxyl groups is 1. The number of methoxy groups -OCH3 is 1. The number of nitrogens with zero attached hydrogens (tertiary/aromatic N) is 1. The number of hydrogen-bond donors (Lipinski definition) is 2. The molecule has 5 nitrogen and oxygen atoms in total. The number of likely N-dealkylation sites (tertiary alicyclic amines) is 1. The maximum absolute atomic E-state index is 10.3. The molecule has 5 heteroatoms. The quantitative estimate of drug-likeness (QED) is 0.655. The van der Waals surface area contributed by atoms with Gasteiger partial charge in [-0.15, -0.1) is 0 Å². The van der Waals surface area contributed by atoms with Crippen molar-refractivity contribution in [3.05, 3.63) is 53.6 Å². The third-order valence-corrected chi connectivity index (χ3v) is 5.25. The number of quaternary nitrogens is 1. The van der Waals surface area contributed by atoms with Crippen LogP contribution in [0.25, 0.3) is 0 Å². The van der Waals surface area contributed by atoms with E-state index in [0.717, 1.165) is 25.3 Å². The van der Waals surface area contributed by atoms with E-state index < -0.39 is 0 Å². The first-order chi connectivity index (χ1) is 13.7. The van der Waals surface area contributed by atoms with Gasteiger partial charge in [0.05, 0.1) is 38.9 Å². The van der Waals surface area contributed by atoms with Gasteiger partial charge in [-0.2, -0.15) is 0 Å². The first-order valence-electron chi connectivity index (χ1n) is 10.2. The minimum atomic E-state index is 0.194. The van der Waals surface area contributed by atoms with Gasteiger partial charge in [-0.1, -0.05) is 19.1 Å². The molecule has 2 aromatic rings. The van der Waals surface area contributed by atoms with Gasteiger partial charge < -0.3 is 19.5 Å². The van der Waals surface area contributed by atoms with Crippen LogP contribution in [0.5, 0.6) is 17.2 Å². The Morgan fingerprint density at radius 1 is 1.18 bits per heavy atom. The number of nitrogens with one attached hydrogen (secondary N) is 1. The van der Waals surface area contributed by atoms with E-state index in [-0.39, 0.29) is 11.8 Å². The summed E-state index contributed by atoms with van der Waals surface area (Å²) in [6.45, 7) is 5.68. The van der Waals surface area contributed by atoms with E-state index in [4.69, 9.17) is 9.47 Å². The van der Waals surface area contributed by atoms with Crippen LogP contribution in [0.3, 0.4) is 0 Å². The van der Waals surface area contributed by atoms with Gasteiger partial charge in [0, 0.05) is 30.7 Å². The zero-order valence-electron chi connectivity index (χ0n) is 16.9. The standard InChI is InChI=1S/C23H30N2O3/c1-3-14-28-19-11-10-18(22(26)15-19)16-24-17-21(25-12-6-7-13-25)20-8-4-5-9-23(20)27-2/h4-5,8-11,15-16,21,26H,3,6-7,12-14,17H2,1-2H3/p+1/t21-/m1/s1. The van der Waals surface area contributed by atoms with E-state index >= 15 is 0 Å². The molecule has 1 aliphatic rings. The summed E-state index contributed by atoms with van der Waals surface area (Å²) in [6.07, 6.45) is 5.21. The van der Waals surface area contributed by atoms with E-state index in [2.05, 4.69) is 24.0 Å². The first-order valence-corrected chi connectivity index (χ1v) is 10.2. The van der Waals surface area contributed by atoms with Crippen molar-refractivity contribution in [3.8, 4) is 17.2 Å². The van der Waals surface area contributed by atoms with Crippen LogP contribution < -0.4 is 14.4 Å². The molecule has 0 amide bonds. The second kappa shape index (κ2) is 10.1. The average Bonchev–Trinajstić information content (AvgIpc) is 3.25. The molecule has 1 atom stereocenters. The first kappa shape index (κ1) is 20.2. The van der Waals surface area contributed by atoms with Crippen molar-refractivity contribution in [1.29, 1.82) is 0 Å². The number of para-hydroxylation sites is 1. The zero-order chi connectivity index (χ0) is 19.8. The molecule has 150 valence electrons.